The summed E-state index contributed by atoms with van der Waals surface area (Å²) in [5.41, 5.74) is 0.907. The zero-order valence-corrected chi connectivity index (χ0v) is 19.5. The molecule has 1 aliphatic carbocycles. The number of aliphatic hydroxyl groups is 1. The molecule has 1 fully saturated rings. The molecule has 1 aromatic carbocycles. The van der Waals surface area contributed by atoms with Crippen LogP contribution >= 0.6 is 11.3 Å². The van der Waals surface area contributed by atoms with Crippen molar-refractivity contribution in [2.75, 3.05) is 7.11 Å². The van der Waals surface area contributed by atoms with Crippen LogP contribution in [0.4, 0.5) is 0 Å². The van der Waals surface area contributed by atoms with Crippen molar-refractivity contribution < 1.29 is 23.1 Å². The highest BCUT2D eigenvalue weighted by Crippen LogP contribution is 2.37. The average molecular weight is 464 g/mol. The first kappa shape index (κ1) is 21.9. The Balaban J connectivity index is 1.84. The Bertz CT molecular complexity index is 1260. The van der Waals surface area contributed by atoms with Gasteiger partial charge in [-0.2, -0.15) is 5.10 Å². The Morgan fingerprint density at radius 3 is 2.55 bits per heavy atom. The number of nitrogens with zero attached hydrogens (tertiary/aromatic N) is 3. The molecule has 3 aromatic rings. The van der Waals surface area contributed by atoms with E-state index < -0.39 is 20.7 Å². The van der Waals surface area contributed by atoms with Crippen LogP contribution in [0.3, 0.4) is 0 Å². The summed E-state index contributed by atoms with van der Waals surface area (Å²) in [4.78, 5) is 16.9. The number of hydrogen-bond acceptors (Lipinski definition) is 8. The summed E-state index contributed by atoms with van der Waals surface area (Å²) in [7, 11) is -2.25. The number of methoxy groups -OCH3 is 1. The van der Waals surface area contributed by atoms with Gasteiger partial charge in [0.2, 0.25) is 4.96 Å². The van der Waals surface area contributed by atoms with E-state index in [0.717, 1.165) is 0 Å². The lowest BCUT2D eigenvalue weighted by atomic mass is 9.99. The number of ketones is 1. The zero-order chi connectivity index (χ0) is 22.6. The van der Waals surface area contributed by atoms with Crippen molar-refractivity contribution >= 4 is 31.9 Å². The zero-order valence-electron chi connectivity index (χ0n) is 17.9. The van der Waals surface area contributed by atoms with E-state index in [-0.39, 0.29) is 29.3 Å². The van der Waals surface area contributed by atoms with Gasteiger partial charge < -0.3 is 9.84 Å². The Morgan fingerprint density at radius 1 is 1.26 bits per heavy atom. The van der Waals surface area contributed by atoms with Crippen molar-refractivity contribution in [1.29, 1.82) is 0 Å². The van der Waals surface area contributed by atoms with Crippen molar-refractivity contribution in [2.24, 2.45) is 0 Å². The molecule has 0 bridgehead atoms. The number of carbonyl (C=O) groups excluding carboxylic acids is 1. The van der Waals surface area contributed by atoms with E-state index >= 15 is 0 Å². The van der Waals surface area contributed by atoms with Gasteiger partial charge in [-0.1, -0.05) is 11.3 Å². The predicted octanol–water partition coefficient (Wildman–Crippen LogP) is 3.29. The summed E-state index contributed by atoms with van der Waals surface area (Å²) >= 11 is 1.29. The minimum absolute atomic E-state index is 0.107. The number of fused-ring (bicyclic) bond motifs is 1. The van der Waals surface area contributed by atoms with Crippen molar-refractivity contribution in [3.05, 3.63) is 28.9 Å². The lowest BCUT2D eigenvalue weighted by Crippen LogP contribution is -2.27. The van der Waals surface area contributed by atoms with E-state index in [4.69, 9.17) is 4.74 Å². The van der Waals surface area contributed by atoms with Crippen molar-refractivity contribution in [1.82, 2.24) is 14.6 Å². The molecule has 0 atom stereocenters. The third kappa shape index (κ3) is 3.88. The molecule has 4 rings (SSSR count). The van der Waals surface area contributed by atoms with E-state index in [1.807, 2.05) is 6.92 Å². The second kappa shape index (κ2) is 7.68. The first-order chi connectivity index (χ1) is 14.5. The van der Waals surface area contributed by atoms with Gasteiger partial charge in [0.25, 0.3) is 0 Å². The van der Waals surface area contributed by atoms with Crippen LogP contribution in [0.5, 0.6) is 5.75 Å². The third-order valence-electron chi connectivity index (χ3n) is 5.57. The number of hydrogen-bond donors (Lipinski definition) is 1. The lowest BCUT2D eigenvalue weighted by Gasteiger charge is -2.22. The fraction of sp³-hybridized carbons (Fsp3) is 0.476. The standard InChI is InChI=1S/C21H25N3O5S2/c1-12-18(24-20(22-12)30-19(23-24)21(2,3)26)13-5-10-16(29-4)17(11-13)31(27,28)15-8-6-14(25)7-9-15/h5,10-11,15,26H,6-9H2,1-4H3. The van der Waals surface area contributed by atoms with Gasteiger partial charge in [0.15, 0.2) is 9.84 Å². The summed E-state index contributed by atoms with van der Waals surface area (Å²) in [6.45, 7) is 5.15. The molecule has 1 N–H and O–H groups in total. The molecule has 0 saturated heterocycles. The lowest BCUT2D eigenvalue weighted by molar-refractivity contribution is -0.120. The fourth-order valence-corrected chi connectivity index (χ4v) is 6.76. The molecule has 8 nitrogen and oxygen atoms in total. The molecule has 0 aliphatic heterocycles. The van der Waals surface area contributed by atoms with Gasteiger partial charge in [-0.3, -0.25) is 4.79 Å². The van der Waals surface area contributed by atoms with Crippen LogP contribution in [0, 0.1) is 6.92 Å². The molecule has 166 valence electrons. The maximum absolute atomic E-state index is 13.4. The van der Waals surface area contributed by atoms with Crippen LogP contribution in [0.2, 0.25) is 0 Å². The number of Topliss-reactive ketones (excluding diaryl/α,β-unsaturated/α-hetero) is 1. The summed E-state index contributed by atoms with van der Waals surface area (Å²) < 4.78 is 33.8. The Morgan fingerprint density at radius 2 is 1.94 bits per heavy atom. The molecular formula is C21H25N3O5S2. The number of rotatable bonds is 5. The maximum atomic E-state index is 13.4. The first-order valence-corrected chi connectivity index (χ1v) is 12.4. The molecule has 0 unspecified atom stereocenters. The predicted molar refractivity (Wildman–Crippen MR) is 117 cm³/mol. The van der Waals surface area contributed by atoms with Crippen LogP contribution in [0.15, 0.2) is 23.1 Å². The van der Waals surface area contributed by atoms with E-state index in [9.17, 15) is 18.3 Å². The Kier molecular flexibility index (Phi) is 5.43. The molecule has 31 heavy (non-hydrogen) atoms. The maximum Gasteiger partial charge on any atom is 0.213 e. The molecule has 2 aromatic heterocycles. The minimum Gasteiger partial charge on any atom is -0.495 e. The molecule has 0 amide bonds. The van der Waals surface area contributed by atoms with E-state index in [1.165, 1.54) is 18.4 Å². The highest BCUT2D eigenvalue weighted by molar-refractivity contribution is 7.92. The Labute approximate surface area is 184 Å². The van der Waals surface area contributed by atoms with Crippen LogP contribution in [0.1, 0.15) is 50.2 Å². The summed E-state index contributed by atoms with van der Waals surface area (Å²) in [5.74, 6) is 0.380. The van der Waals surface area contributed by atoms with Crippen LogP contribution in [0.25, 0.3) is 16.2 Å². The molecular weight excluding hydrogens is 438 g/mol. The molecule has 2 heterocycles. The van der Waals surface area contributed by atoms with E-state index in [1.54, 1.807) is 36.6 Å². The largest absolute Gasteiger partial charge is 0.495 e. The summed E-state index contributed by atoms with van der Waals surface area (Å²) in [5, 5.41) is 14.7. The molecule has 0 radical (unpaired) electrons. The highest BCUT2D eigenvalue weighted by atomic mass is 32.2. The Hall–Kier alpha value is -2.30. The first-order valence-electron chi connectivity index (χ1n) is 10.1. The number of imidazole rings is 1. The van der Waals surface area contributed by atoms with Crippen molar-refractivity contribution in [2.45, 2.75) is 62.2 Å². The normalized spacial score (nSPS) is 16.2. The number of carbonyl (C=O) groups is 1. The highest BCUT2D eigenvalue weighted by Gasteiger charge is 2.34. The van der Waals surface area contributed by atoms with Gasteiger partial charge in [-0.15, -0.1) is 0 Å². The second-order valence-corrected chi connectivity index (χ2v) is 11.5. The van der Waals surface area contributed by atoms with Gasteiger partial charge in [0, 0.05) is 18.4 Å². The second-order valence-electron chi connectivity index (χ2n) is 8.36. The molecule has 0 spiro atoms. The van der Waals surface area contributed by atoms with Crippen molar-refractivity contribution in [3.8, 4) is 17.0 Å². The van der Waals surface area contributed by atoms with Crippen LogP contribution in [-0.4, -0.2) is 46.3 Å². The number of benzene rings is 1. The van der Waals surface area contributed by atoms with Gasteiger partial charge in [-0.25, -0.2) is 17.9 Å². The summed E-state index contributed by atoms with van der Waals surface area (Å²) in [6.07, 6.45) is 1.22. The fourth-order valence-electron chi connectivity index (χ4n) is 3.88. The quantitative estimate of drug-likeness (QED) is 0.618. The summed E-state index contributed by atoms with van der Waals surface area (Å²) in [6, 6.07) is 5.02. The van der Waals surface area contributed by atoms with Crippen LogP contribution < -0.4 is 4.74 Å². The van der Waals surface area contributed by atoms with Gasteiger partial charge >= 0.3 is 0 Å². The number of sulfone groups is 1. The number of ether oxygens (including phenoxy) is 1. The van der Waals surface area contributed by atoms with Gasteiger partial charge in [-0.05, 0) is 51.8 Å². The van der Waals surface area contributed by atoms with Gasteiger partial charge in [0.1, 0.15) is 27.0 Å². The number of aryl methyl sites for hydroxylation is 1. The van der Waals surface area contributed by atoms with Crippen molar-refractivity contribution in [3.63, 3.8) is 0 Å². The number of aromatic nitrogens is 3. The minimum atomic E-state index is -3.69. The smallest absolute Gasteiger partial charge is 0.213 e. The van der Waals surface area contributed by atoms with E-state index in [0.29, 0.717) is 39.8 Å². The molecule has 1 aliphatic rings. The van der Waals surface area contributed by atoms with Crippen LogP contribution in [-0.2, 0) is 20.2 Å². The average Bonchev–Trinajstić information content (AvgIpc) is 3.24. The van der Waals surface area contributed by atoms with E-state index in [2.05, 4.69) is 10.1 Å². The molecule has 1 saturated carbocycles. The van der Waals surface area contributed by atoms with Gasteiger partial charge in [0.05, 0.1) is 23.7 Å². The topological polar surface area (TPSA) is 111 Å². The third-order valence-corrected chi connectivity index (χ3v) is 9.08. The SMILES string of the molecule is COc1ccc(-c2c(C)nc3sc(C(C)(C)O)nn23)cc1S(=O)(=O)C1CCC(=O)CC1. The monoisotopic (exact) mass is 463 g/mol. The molecule has 10 heteroatoms.